The number of carboxylic acids is 1. The van der Waals surface area contributed by atoms with Crippen molar-refractivity contribution in [2.75, 3.05) is 13.1 Å². The standard InChI is InChI=1S/C11H16N2O5S2/c1-8(11(15)16)13(5-4-12-9(2)14)20(17,18)10-3-6-19-7-10/h3,6-8H,4-5H2,1-2H3,(H,12,14)(H,15,16). The molecule has 1 rings (SSSR count). The number of rotatable bonds is 7. The normalized spacial score (nSPS) is 13.2. The van der Waals surface area contributed by atoms with E-state index in [1.165, 1.54) is 36.6 Å². The molecule has 0 aromatic carbocycles. The predicted octanol–water partition coefficient (Wildman–Crippen LogP) is 0.348. The third-order valence-corrected chi connectivity index (χ3v) is 5.40. The van der Waals surface area contributed by atoms with Gasteiger partial charge in [-0.3, -0.25) is 9.59 Å². The second-order valence-corrected chi connectivity index (χ2v) is 6.74. The van der Waals surface area contributed by atoms with Gasteiger partial charge < -0.3 is 10.4 Å². The van der Waals surface area contributed by atoms with Crippen molar-refractivity contribution in [3.8, 4) is 0 Å². The number of hydrogen-bond acceptors (Lipinski definition) is 5. The van der Waals surface area contributed by atoms with Crippen LogP contribution in [0.25, 0.3) is 0 Å². The highest BCUT2D eigenvalue weighted by atomic mass is 32.2. The van der Waals surface area contributed by atoms with E-state index >= 15 is 0 Å². The van der Waals surface area contributed by atoms with Crippen molar-refractivity contribution in [2.45, 2.75) is 24.8 Å². The number of hydrogen-bond donors (Lipinski definition) is 2. The number of nitrogens with zero attached hydrogens (tertiary/aromatic N) is 1. The maximum absolute atomic E-state index is 12.4. The molecule has 0 saturated heterocycles. The average Bonchev–Trinajstić information content (AvgIpc) is 2.87. The fourth-order valence-electron chi connectivity index (χ4n) is 1.52. The smallest absolute Gasteiger partial charge is 0.321 e. The van der Waals surface area contributed by atoms with E-state index in [2.05, 4.69) is 5.32 Å². The first kappa shape index (κ1) is 16.6. The van der Waals surface area contributed by atoms with E-state index in [1.807, 2.05) is 0 Å². The number of carbonyl (C=O) groups is 2. The lowest BCUT2D eigenvalue weighted by molar-refractivity contribution is -0.140. The first-order valence-corrected chi connectivity index (χ1v) is 8.16. The van der Waals surface area contributed by atoms with Gasteiger partial charge in [-0.2, -0.15) is 15.6 Å². The molecule has 0 aliphatic carbocycles. The molecule has 2 N–H and O–H groups in total. The van der Waals surface area contributed by atoms with E-state index in [1.54, 1.807) is 5.38 Å². The molecule has 20 heavy (non-hydrogen) atoms. The van der Waals surface area contributed by atoms with Gasteiger partial charge in [-0.15, -0.1) is 0 Å². The Morgan fingerprint density at radius 2 is 2.15 bits per heavy atom. The second kappa shape index (κ2) is 6.82. The topological polar surface area (TPSA) is 104 Å². The van der Waals surface area contributed by atoms with Gasteiger partial charge in [-0.25, -0.2) is 8.42 Å². The summed E-state index contributed by atoms with van der Waals surface area (Å²) in [6.07, 6.45) is 0. The molecule has 0 aliphatic heterocycles. The Kier molecular flexibility index (Phi) is 5.66. The van der Waals surface area contributed by atoms with Crippen LogP contribution in [0, 0.1) is 0 Å². The highest BCUT2D eigenvalue weighted by Crippen LogP contribution is 2.20. The van der Waals surface area contributed by atoms with Crippen LogP contribution in [0.2, 0.25) is 0 Å². The number of nitrogens with one attached hydrogen (secondary N) is 1. The summed E-state index contributed by atoms with van der Waals surface area (Å²) in [5, 5.41) is 14.5. The lowest BCUT2D eigenvalue weighted by Crippen LogP contribution is -2.46. The lowest BCUT2D eigenvalue weighted by Gasteiger charge is -2.25. The molecule has 7 nitrogen and oxygen atoms in total. The maximum Gasteiger partial charge on any atom is 0.321 e. The van der Waals surface area contributed by atoms with Gasteiger partial charge in [0, 0.05) is 25.4 Å². The zero-order valence-electron chi connectivity index (χ0n) is 11.1. The zero-order valence-corrected chi connectivity index (χ0v) is 12.7. The van der Waals surface area contributed by atoms with Crippen molar-refractivity contribution in [1.29, 1.82) is 0 Å². The monoisotopic (exact) mass is 320 g/mol. The van der Waals surface area contributed by atoms with Crippen molar-refractivity contribution < 1.29 is 23.1 Å². The summed E-state index contributed by atoms with van der Waals surface area (Å²) in [7, 11) is -3.89. The van der Waals surface area contributed by atoms with Gasteiger partial charge in [0.1, 0.15) is 6.04 Å². The molecule has 1 unspecified atom stereocenters. The Labute approximate surface area is 121 Å². The Balaban J connectivity index is 2.98. The third-order valence-electron chi connectivity index (χ3n) is 2.60. The average molecular weight is 320 g/mol. The Morgan fingerprint density at radius 3 is 2.60 bits per heavy atom. The summed E-state index contributed by atoms with van der Waals surface area (Å²) in [5.41, 5.74) is 0. The van der Waals surface area contributed by atoms with Crippen LogP contribution in [0.4, 0.5) is 0 Å². The first-order valence-electron chi connectivity index (χ1n) is 5.78. The van der Waals surface area contributed by atoms with Gasteiger partial charge in [0.15, 0.2) is 0 Å². The maximum atomic E-state index is 12.4. The summed E-state index contributed by atoms with van der Waals surface area (Å²) in [5.74, 6) is -1.55. The Hall–Kier alpha value is -1.45. The van der Waals surface area contributed by atoms with Crippen LogP contribution in [-0.2, 0) is 19.6 Å². The van der Waals surface area contributed by atoms with Crippen LogP contribution < -0.4 is 5.32 Å². The minimum atomic E-state index is -3.89. The number of aliphatic carboxylic acids is 1. The van der Waals surface area contributed by atoms with Crippen molar-refractivity contribution in [3.05, 3.63) is 16.8 Å². The van der Waals surface area contributed by atoms with Crippen molar-refractivity contribution in [2.24, 2.45) is 0 Å². The lowest BCUT2D eigenvalue weighted by atomic mass is 10.3. The van der Waals surface area contributed by atoms with Gasteiger partial charge >= 0.3 is 5.97 Å². The summed E-state index contributed by atoms with van der Waals surface area (Å²) < 4.78 is 25.6. The predicted molar refractivity (Wildman–Crippen MR) is 74.0 cm³/mol. The van der Waals surface area contributed by atoms with Crippen molar-refractivity contribution >= 4 is 33.2 Å². The van der Waals surface area contributed by atoms with Crippen molar-refractivity contribution in [3.63, 3.8) is 0 Å². The fraction of sp³-hybridized carbons (Fsp3) is 0.455. The number of amides is 1. The van der Waals surface area contributed by atoms with Crippen LogP contribution in [0.1, 0.15) is 13.8 Å². The highest BCUT2D eigenvalue weighted by Gasteiger charge is 2.32. The van der Waals surface area contributed by atoms with Gasteiger partial charge in [0.25, 0.3) is 0 Å². The van der Waals surface area contributed by atoms with Gasteiger partial charge in [0.2, 0.25) is 15.9 Å². The molecule has 112 valence electrons. The molecule has 0 radical (unpaired) electrons. The summed E-state index contributed by atoms with van der Waals surface area (Å²) in [4.78, 5) is 21.9. The van der Waals surface area contributed by atoms with E-state index < -0.39 is 22.0 Å². The van der Waals surface area contributed by atoms with Crippen LogP contribution in [0.3, 0.4) is 0 Å². The number of thiophene rings is 1. The largest absolute Gasteiger partial charge is 0.480 e. The summed E-state index contributed by atoms with van der Waals surface area (Å²) >= 11 is 1.21. The van der Waals surface area contributed by atoms with E-state index in [-0.39, 0.29) is 23.9 Å². The number of sulfonamides is 1. The third kappa shape index (κ3) is 4.02. The second-order valence-electron chi connectivity index (χ2n) is 4.07. The highest BCUT2D eigenvalue weighted by molar-refractivity contribution is 7.89. The van der Waals surface area contributed by atoms with Crippen LogP contribution >= 0.6 is 11.3 Å². The van der Waals surface area contributed by atoms with E-state index in [0.29, 0.717) is 0 Å². The Morgan fingerprint density at radius 1 is 1.50 bits per heavy atom. The molecule has 1 amide bonds. The van der Waals surface area contributed by atoms with E-state index in [0.717, 1.165) is 4.31 Å². The quantitative estimate of drug-likeness (QED) is 0.754. The molecular formula is C11H16N2O5S2. The SMILES string of the molecule is CC(=O)NCCN(C(C)C(=O)O)S(=O)(=O)c1ccsc1. The molecule has 0 bridgehead atoms. The first-order chi connectivity index (χ1) is 9.26. The molecule has 9 heteroatoms. The van der Waals surface area contributed by atoms with Crippen LogP contribution in [0.5, 0.6) is 0 Å². The molecule has 0 spiro atoms. The summed E-state index contributed by atoms with van der Waals surface area (Å²) in [6.45, 7) is 2.54. The van der Waals surface area contributed by atoms with Gasteiger partial charge in [-0.05, 0) is 18.4 Å². The molecule has 0 aliphatic rings. The van der Waals surface area contributed by atoms with E-state index in [4.69, 9.17) is 5.11 Å². The van der Waals surface area contributed by atoms with Crippen LogP contribution in [0.15, 0.2) is 21.7 Å². The molecule has 1 atom stereocenters. The molecule has 1 aromatic heterocycles. The molecule has 1 heterocycles. The van der Waals surface area contributed by atoms with Crippen LogP contribution in [-0.4, -0.2) is 48.8 Å². The number of carbonyl (C=O) groups excluding carboxylic acids is 1. The molecular weight excluding hydrogens is 304 g/mol. The minimum Gasteiger partial charge on any atom is -0.480 e. The van der Waals surface area contributed by atoms with Crippen molar-refractivity contribution in [1.82, 2.24) is 9.62 Å². The molecule has 0 saturated carbocycles. The molecule has 1 aromatic rings. The van der Waals surface area contributed by atoms with E-state index in [9.17, 15) is 18.0 Å². The fourth-order valence-corrected chi connectivity index (χ4v) is 4.13. The number of carboxylic acid groups (broad SMARTS) is 1. The zero-order chi connectivity index (χ0) is 15.3. The minimum absolute atomic E-state index is 0.0519. The summed E-state index contributed by atoms with van der Waals surface area (Å²) in [6, 6.07) is 0.202. The van der Waals surface area contributed by atoms with Gasteiger partial charge in [0.05, 0.1) is 4.90 Å². The molecule has 0 fully saturated rings. The Bertz CT molecular complexity index is 568. The van der Waals surface area contributed by atoms with Gasteiger partial charge in [-0.1, -0.05) is 0 Å².